The Morgan fingerprint density at radius 2 is 2.00 bits per heavy atom. The maximum atomic E-state index is 8.87. The molecule has 1 aromatic carbocycles. The van der Waals surface area contributed by atoms with Gasteiger partial charge in [-0.1, -0.05) is 42.1 Å². The van der Waals surface area contributed by atoms with Crippen LogP contribution < -0.4 is 0 Å². The number of hydrogen-bond acceptors (Lipinski definition) is 5. The van der Waals surface area contributed by atoms with E-state index in [9.17, 15) is 0 Å². The molecular formula is C13H18N4OS. The second-order valence-electron chi connectivity index (χ2n) is 4.20. The molecule has 2 aromatic rings. The second-order valence-corrected chi connectivity index (χ2v) is 5.26. The van der Waals surface area contributed by atoms with E-state index in [1.54, 1.807) is 16.4 Å². The molecule has 6 heteroatoms. The molecule has 0 fully saturated rings. The normalized spacial score (nSPS) is 10.8. The summed E-state index contributed by atoms with van der Waals surface area (Å²) in [6.07, 6.45) is 3.41. The molecule has 1 heterocycles. The molecule has 0 aliphatic heterocycles. The highest BCUT2D eigenvalue weighted by atomic mass is 32.2. The van der Waals surface area contributed by atoms with Crippen LogP contribution in [0, 0.1) is 0 Å². The predicted octanol–water partition coefficient (Wildman–Crippen LogP) is 1.78. The molecule has 0 saturated carbocycles. The summed E-state index contributed by atoms with van der Waals surface area (Å²) in [7, 11) is 0. The molecule has 0 aliphatic rings. The van der Waals surface area contributed by atoms with Gasteiger partial charge in [-0.05, 0) is 35.3 Å². The van der Waals surface area contributed by atoms with E-state index in [4.69, 9.17) is 5.11 Å². The Kier molecular flexibility index (Phi) is 5.84. The minimum Gasteiger partial charge on any atom is -0.394 e. The smallest absolute Gasteiger partial charge is 0.209 e. The van der Waals surface area contributed by atoms with Gasteiger partial charge in [0.25, 0.3) is 0 Å². The average Bonchev–Trinajstić information content (AvgIpc) is 2.88. The molecule has 1 aromatic heterocycles. The van der Waals surface area contributed by atoms with Gasteiger partial charge in [-0.15, -0.1) is 5.10 Å². The zero-order chi connectivity index (χ0) is 13.3. The highest BCUT2D eigenvalue weighted by Gasteiger charge is 2.05. The van der Waals surface area contributed by atoms with Crippen LogP contribution in [0.1, 0.15) is 18.4 Å². The SMILES string of the molecule is OCCn1nnnc1SCCCCc1ccccc1. The molecule has 102 valence electrons. The Hall–Kier alpha value is -1.40. The third-order valence-electron chi connectivity index (χ3n) is 2.74. The van der Waals surface area contributed by atoms with Crippen molar-refractivity contribution >= 4 is 11.8 Å². The maximum absolute atomic E-state index is 8.87. The summed E-state index contributed by atoms with van der Waals surface area (Å²) in [4.78, 5) is 0. The Balaban J connectivity index is 1.65. The zero-order valence-electron chi connectivity index (χ0n) is 10.8. The highest BCUT2D eigenvalue weighted by Crippen LogP contribution is 2.16. The summed E-state index contributed by atoms with van der Waals surface area (Å²) < 4.78 is 1.64. The van der Waals surface area contributed by atoms with Crippen LogP contribution in [0.15, 0.2) is 35.5 Å². The molecule has 19 heavy (non-hydrogen) atoms. The molecule has 0 bridgehead atoms. The Morgan fingerprint density at radius 3 is 2.79 bits per heavy atom. The molecule has 2 rings (SSSR count). The van der Waals surface area contributed by atoms with Crippen LogP contribution in [-0.2, 0) is 13.0 Å². The van der Waals surface area contributed by atoms with Crippen molar-refractivity contribution in [1.82, 2.24) is 20.2 Å². The van der Waals surface area contributed by atoms with Crippen LogP contribution in [0.5, 0.6) is 0 Å². The Morgan fingerprint density at radius 1 is 1.16 bits per heavy atom. The van der Waals surface area contributed by atoms with Crippen LogP contribution in [-0.4, -0.2) is 37.7 Å². The standard InChI is InChI=1S/C13H18N4OS/c18-10-9-17-13(14-15-16-17)19-11-5-4-8-12-6-2-1-3-7-12/h1-3,6-7,18H,4-5,8-11H2. The van der Waals surface area contributed by atoms with Crippen LogP contribution in [0.4, 0.5) is 0 Å². The number of nitrogens with zero attached hydrogens (tertiary/aromatic N) is 4. The second kappa shape index (κ2) is 7.91. The number of thioether (sulfide) groups is 1. The number of unbranched alkanes of at least 4 members (excludes halogenated alkanes) is 1. The van der Waals surface area contributed by atoms with Gasteiger partial charge in [0.1, 0.15) is 0 Å². The van der Waals surface area contributed by atoms with Crippen molar-refractivity contribution in [2.45, 2.75) is 31.0 Å². The van der Waals surface area contributed by atoms with Gasteiger partial charge in [-0.25, -0.2) is 4.68 Å². The van der Waals surface area contributed by atoms with E-state index in [2.05, 4.69) is 39.8 Å². The number of hydrogen-bond donors (Lipinski definition) is 1. The Labute approximate surface area is 117 Å². The molecule has 0 aliphatic carbocycles. The zero-order valence-corrected chi connectivity index (χ0v) is 11.6. The van der Waals surface area contributed by atoms with Gasteiger partial charge >= 0.3 is 0 Å². The number of benzene rings is 1. The quantitative estimate of drug-likeness (QED) is 0.589. The molecule has 0 spiro atoms. The van der Waals surface area contributed by atoms with E-state index in [0.717, 1.165) is 23.8 Å². The van der Waals surface area contributed by atoms with Gasteiger partial charge in [0.15, 0.2) is 0 Å². The molecule has 0 saturated heterocycles. The van der Waals surface area contributed by atoms with E-state index in [1.807, 2.05) is 6.07 Å². The van der Waals surface area contributed by atoms with Crippen molar-refractivity contribution in [3.8, 4) is 0 Å². The lowest BCUT2D eigenvalue weighted by molar-refractivity contribution is 0.262. The molecule has 1 N–H and O–H groups in total. The minimum atomic E-state index is 0.0621. The van der Waals surface area contributed by atoms with E-state index >= 15 is 0 Å². The van der Waals surface area contributed by atoms with Crippen molar-refractivity contribution in [1.29, 1.82) is 0 Å². The maximum Gasteiger partial charge on any atom is 0.209 e. The third kappa shape index (κ3) is 4.65. The average molecular weight is 278 g/mol. The molecular weight excluding hydrogens is 260 g/mol. The summed E-state index contributed by atoms with van der Waals surface area (Å²) in [6.45, 7) is 0.520. The number of aliphatic hydroxyl groups excluding tert-OH is 1. The first-order chi connectivity index (χ1) is 9.40. The summed E-state index contributed by atoms with van der Waals surface area (Å²) in [5.41, 5.74) is 1.39. The van der Waals surface area contributed by atoms with Gasteiger partial charge in [0.05, 0.1) is 13.2 Å². The summed E-state index contributed by atoms with van der Waals surface area (Å²) >= 11 is 1.64. The fourth-order valence-electron chi connectivity index (χ4n) is 1.77. The largest absolute Gasteiger partial charge is 0.394 e. The third-order valence-corrected chi connectivity index (χ3v) is 3.79. The molecule has 0 atom stereocenters. The van der Waals surface area contributed by atoms with Gasteiger partial charge in [-0.3, -0.25) is 0 Å². The van der Waals surface area contributed by atoms with Crippen LogP contribution in [0.2, 0.25) is 0 Å². The van der Waals surface area contributed by atoms with E-state index in [-0.39, 0.29) is 6.61 Å². The van der Waals surface area contributed by atoms with Crippen LogP contribution >= 0.6 is 11.8 Å². The van der Waals surface area contributed by atoms with Gasteiger partial charge in [0, 0.05) is 5.75 Å². The van der Waals surface area contributed by atoms with E-state index in [1.165, 1.54) is 12.0 Å². The lowest BCUT2D eigenvalue weighted by Crippen LogP contribution is -2.05. The number of aliphatic hydroxyl groups is 1. The van der Waals surface area contributed by atoms with Gasteiger partial charge in [-0.2, -0.15) is 0 Å². The van der Waals surface area contributed by atoms with Gasteiger partial charge in [0.2, 0.25) is 5.16 Å². The molecule has 0 amide bonds. The Bertz CT molecular complexity index is 475. The first-order valence-corrected chi connectivity index (χ1v) is 7.42. The van der Waals surface area contributed by atoms with Crippen molar-refractivity contribution < 1.29 is 5.11 Å². The number of tetrazole rings is 1. The predicted molar refractivity (Wildman–Crippen MR) is 75.0 cm³/mol. The first-order valence-electron chi connectivity index (χ1n) is 6.44. The number of aromatic nitrogens is 4. The van der Waals surface area contributed by atoms with E-state index < -0.39 is 0 Å². The summed E-state index contributed by atoms with van der Waals surface area (Å²) in [6, 6.07) is 10.5. The van der Waals surface area contributed by atoms with Crippen LogP contribution in [0.3, 0.4) is 0 Å². The number of aryl methyl sites for hydroxylation is 1. The van der Waals surface area contributed by atoms with Gasteiger partial charge < -0.3 is 5.11 Å². The summed E-state index contributed by atoms with van der Waals surface area (Å²) in [5.74, 6) is 0.999. The van der Waals surface area contributed by atoms with Crippen LogP contribution in [0.25, 0.3) is 0 Å². The fraction of sp³-hybridized carbons (Fsp3) is 0.462. The monoisotopic (exact) mass is 278 g/mol. The van der Waals surface area contributed by atoms with Crippen molar-refractivity contribution in [3.05, 3.63) is 35.9 Å². The van der Waals surface area contributed by atoms with Crippen molar-refractivity contribution in [2.75, 3.05) is 12.4 Å². The highest BCUT2D eigenvalue weighted by molar-refractivity contribution is 7.99. The lowest BCUT2D eigenvalue weighted by atomic mass is 10.1. The molecule has 0 radical (unpaired) electrons. The van der Waals surface area contributed by atoms with Crippen molar-refractivity contribution in [2.24, 2.45) is 0 Å². The van der Waals surface area contributed by atoms with Crippen molar-refractivity contribution in [3.63, 3.8) is 0 Å². The summed E-state index contributed by atoms with van der Waals surface area (Å²) in [5, 5.41) is 21.0. The first kappa shape index (κ1) is 14.0. The molecule has 5 nitrogen and oxygen atoms in total. The minimum absolute atomic E-state index is 0.0621. The topological polar surface area (TPSA) is 63.8 Å². The molecule has 0 unspecified atom stereocenters. The van der Waals surface area contributed by atoms with E-state index in [0.29, 0.717) is 6.54 Å². The fourth-order valence-corrected chi connectivity index (χ4v) is 2.68. The lowest BCUT2D eigenvalue weighted by Gasteiger charge is -2.03. The number of rotatable bonds is 8.